The van der Waals surface area contributed by atoms with Gasteiger partial charge in [0.15, 0.2) is 0 Å². The van der Waals surface area contributed by atoms with Gasteiger partial charge in [-0.3, -0.25) is 0 Å². The SMILES string of the molecule is C=CN(N=C)c1ccc(Nc2cc3nc(C(=C)C4CCN(C)CC4)ccc3cn2)c(F)c1. The first kappa shape index (κ1) is 21.6. The van der Waals surface area contributed by atoms with Crippen molar-refractivity contribution < 1.29 is 4.39 Å². The van der Waals surface area contributed by atoms with Crippen molar-refractivity contribution in [2.45, 2.75) is 12.8 Å². The molecule has 1 N–H and O–H groups in total. The number of nitrogens with one attached hydrogen (secondary N) is 1. The largest absolute Gasteiger partial charge is 0.338 e. The van der Waals surface area contributed by atoms with Crippen molar-refractivity contribution in [2.24, 2.45) is 11.0 Å². The monoisotopic (exact) mass is 430 g/mol. The number of allylic oxidation sites excluding steroid dienone is 1. The lowest BCUT2D eigenvalue weighted by atomic mass is 9.88. The first-order chi connectivity index (χ1) is 15.5. The number of hydrazone groups is 1. The lowest BCUT2D eigenvalue weighted by molar-refractivity contribution is 0.248. The van der Waals surface area contributed by atoms with Gasteiger partial charge in [-0.1, -0.05) is 13.2 Å². The Morgan fingerprint density at radius 3 is 2.72 bits per heavy atom. The Balaban J connectivity index is 1.56. The van der Waals surface area contributed by atoms with Gasteiger partial charge < -0.3 is 10.2 Å². The predicted octanol–water partition coefficient (Wildman–Crippen LogP) is 5.43. The van der Waals surface area contributed by atoms with Crippen molar-refractivity contribution >= 4 is 40.4 Å². The van der Waals surface area contributed by atoms with Crippen molar-refractivity contribution in [3.63, 3.8) is 0 Å². The van der Waals surface area contributed by atoms with Crippen LogP contribution in [0, 0.1) is 11.7 Å². The van der Waals surface area contributed by atoms with Crippen molar-refractivity contribution in [1.82, 2.24) is 14.9 Å². The summed E-state index contributed by atoms with van der Waals surface area (Å²) in [5, 5.41) is 9.13. The Kier molecular flexibility index (Phi) is 6.28. The minimum Gasteiger partial charge on any atom is -0.338 e. The molecule has 3 aromatic rings. The maximum absolute atomic E-state index is 14.6. The second-order valence-corrected chi connectivity index (χ2v) is 8.02. The van der Waals surface area contributed by atoms with Gasteiger partial charge in [-0.15, -0.1) is 0 Å². The third-order valence-electron chi connectivity index (χ3n) is 5.92. The normalized spacial score (nSPS) is 14.8. The fraction of sp³-hybridized carbons (Fsp3) is 0.240. The molecule has 0 saturated carbocycles. The molecule has 3 heterocycles. The predicted molar refractivity (Wildman–Crippen MR) is 131 cm³/mol. The highest BCUT2D eigenvalue weighted by Crippen LogP contribution is 2.31. The van der Waals surface area contributed by atoms with Gasteiger partial charge in [-0.25, -0.2) is 19.4 Å². The summed E-state index contributed by atoms with van der Waals surface area (Å²) in [4.78, 5) is 11.6. The fourth-order valence-corrected chi connectivity index (χ4v) is 3.96. The summed E-state index contributed by atoms with van der Waals surface area (Å²) in [6.07, 6.45) is 5.39. The summed E-state index contributed by atoms with van der Waals surface area (Å²) >= 11 is 0. The fourth-order valence-electron chi connectivity index (χ4n) is 3.96. The Morgan fingerprint density at radius 1 is 1.25 bits per heavy atom. The first-order valence-electron chi connectivity index (χ1n) is 10.6. The lowest BCUT2D eigenvalue weighted by Crippen LogP contribution is -2.30. The number of likely N-dealkylation sites (tertiary alicyclic amines) is 1. The molecular formula is C25H27FN6. The van der Waals surface area contributed by atoms with E-state index in [2.05, 4.69) is 47.2 Å². The van der Waals surface area contributed by atoms with Crippen LogP contribution in [-0.4, -0.2) is 41.7 Å². The number of benzene rings is 1. The molecule has 1 fully saturated rings. The molecule has 2 aromatic heterocycles. The molecule has 0 amide bonds. The highest BCUT2D eigenvalue weighted by molar-refractivity contribution is 5.83. The topological polar surface area (TPSA) is 56.6 Å². The number of aromatic nitrogens is 2. The molecule has 1 aromatic carbocycles. The summed E-state index contributed by atoms with van der Waals surface area (Å²) in [6, 6.07) is 10.6. The van der Waals surface area contributed by atoms with E-state index in [1.54, 1.807) is 18.3 Å². The highest BCUT2D eigenvalue weighted by Gasteiger charge is 2.21. The van der Waals surface area contributed by atoms with Gasteiger partial charge >= 0.3 is 0 Å². The molecule has 0 radical (unpaired) electrons. The van der Waals surface area contributed by atoms with Crippen LogP contribution in [0.1, 0.15) is 18.5 Å². The molecule has 6 nitrogen and oxygen atoms in total. The minimum absolute atomic E-state index is 0.306. The number of piperidine rings is 1. The molecule has 4 rings (SSSR count). The van der Waals surface area contributed by atoms with Gasteiger partial charge in [0.25, 0.3) is 0 Å². The van der Waals surface area contributed by atoms with E-state index in [1.165, 1.54) is 17.3 Å². The number of anilines is 3. The zero-order valence-corrected chi connectivity index (χ0v) is 18.3. The summed E-state index contributed by atoms with van der Waals surface area (Å²) in [5.74, 6) is 0.529. The van der Waals surface area contributed by atoms with E-state index in [0.717, 1.165) is 48.1 Å². The number of rotatable bonds is 7. The average molecular weight is 431 g/mol. The van der Waals surface area contributed by atoms with Crippen LogP contribution in [0.25, 0.3) is 16.5 Å². The standard InChI is InChI=1S/C25H27FN6/c1-5-32(27-3)20-7-9-23(21(26)14-20)30-25-15-24-19(16-28-25)6-8-22(29-24)17(2)18-10-12-31(4)13-11-18/h5-9,14-16,18H,1-3,10-13H2,4H3,(H,28,30). The summed E-state index contributed by atoms with van der Waals surface area (Å²) in [7, 11) is 2.15. The summed E-state index contributed by atoms with van der Waals surface area (Å²) in [5.41, 5.74) is 3.61. The molecule has 1 aliphatic rings. The van der Waals surface area contributed by atoms with E-state index >= 15 is 0 Å². The first-order valence-corrected chi connectivity index (χ1v) is 10.6. The van der Waals surface area contributed by atoms with E-state index in [0.29, 0.717) is 23.1 Å². The van der Waals surface area contributed by atoms with E-state index in [-0.39, 0.29) is 0 Å². The van der Waals surface area contributed by atoms with Crippen LogP contribution in [-0.2, 0) is 0 Å². The number of halogens is 1. The number of hydrogen-bond acceptors (Lipinski definition) is 6. The summed E-state index contributed by atoms with van der Waals surface area (Å²) in [6.45, 7) is 13.6. The number of fused-ring (bicyclic) bond motifs is 1. The van der Waals surface area contributed by atoms with Gasteiger partial charge in [0.05, 0.1) is 22.6 Å². The molecular weight excluding hydrogens is 403 g/mol. The van der Waals surface area contributed by atoms with Crippen LogP contribution in [0.3, 0.4) is 0 Å². The van der Waals surface area contributed by atoms with Gasteiger partial charge in [0.1, 0.15) is 11.6 Å². The molecule has 0 bridgehead atoms. The Bertz CT molecular complexity index is 1160. The van der Waals surface area contributed by atoms with E-state index in [9.17, 15) is 4.39 Å². The summed E-state index contributed by atoms with van der Waals surface area (Å²) < 4.78 is 14.6. The smallest absolute Gasteiger partial charge is 0.148 e. The van der Waals surface area contributed by atoms with Gasteiger partial charge in [-0.2, -0.15) is 5.10 Å². The van der Waals surface area contributed by atoms with E-state index in [4.69, 9.17) is 4.98 Å². The molecule has 1 saturated heterocycles. The van der Waals surface area contributed by atoms with Crippen molar-refractivity contribution in [3.8, 4) is 0 Å². The van der Waals surface area contributed by atoms with Crippen molar-refractivity contribution in [2.75, 3.05) is 30.5 Å². The molecule has 7 heteroatoms. The lowest BCUT2D eigenvalue weighted by Gasteiger charge is -2.30. The maximum Gasteiger partial charge on any atom is 0.148 e. The minimum atomic E-state index is -0.433. The zero-order valence-electron chi connectivity index (χ0n) is 18.3. The van der Waals surface area contributed by atoms with Crippen LogP contribution >= 0.6 is 0 Å². The highest BCUT2D eigenvalue weighted by atomic mass is 19.1. The molecule has 32 heavy (non-hydrogen) atoms. The van der Waals surface area contributed by atoms with Crippen LogP contribution in [0.4, 0.5) is 21.6 Å². The van der Waals surface area contributed by atoms with Crippen molar-refractivity contribution in [1.29, 1.82) is 0 Å². The van der Waals surface area contributed by atoms with Crippen LogP contribution in [0.15, 0.2) is 67.1 Å². The van der Waals surface area contributed by atoms with Gasteiger partial charge in [-0.05, 0) is 68.7 Å². The Morgan fingerprint density at radius 2 is 2.03 bits per heavy atom. The molecule has 0 atom stereocenters. The number of hydrogen-bond donors (Lipinski definition) is 1. The van der Waals surface area contributed by atoms with E-state index in [1.807, 2.05) is 18.2 Å². The van der Waals surface area contributed by atoms with Crippen LogP contribution in [0.5, 0.6) is 0 Å². The molecule has 164 valence electrons. The average Bonchev–Trinajstić information content (AvgIpc) is 2.81. The second kappa shape index (κ2) is 9.28. The quantitative estimate of drug-likeness (QED) is 0.400. The number of nitrogens with zero attached hydrogens (tertiary/aromatic N) is 5. The Labute approximate surface area is 187 Å². The van der Waals surface area contributed by atoms with Crippen molar-refractivity contribution in [3.05, 3.63) is 73.5 Å². The van der Waals surface area contributed by atoms with Gasteiger partial charge in [0, 0.05) is 36.6 Å². The molecule has 0 unspecified atom stereocenters. The van der Waals surface area contributed by atoms with Gasteiger partial charge in [0.2, 0.25) is 0 Å². The van der Waals surface area contributed by atoms with E-state index < -0.39 is 5.82 Å². The van der Waals surface area contributed by atoms with Crippen LogP contribution in [0.2, 0.25) is 0 Å². The number of pyridine rings is 2. The second-order valence-electron chi connectivity index (χ2n) is 8.02. The molecule has 0 aliphatic carbocycles. The zero-order chi connectivity index (χ0) is 22.7. The van der Waals surface area contributed by atoms with Crippen LogP contribution < -0.4 is 10.3 Å². The third kappa shape index (κ3) is 4.53. The Hall–Kier alpha value is -3.58. The molecule has 0 spiro atoms. The molecule has 1 aliphatic heterocycles. The maximum atomic E-state index is 14.6. The third-order valence-corrected chi connectivity index (χ3v) is 5.92.